The zero-order valence-corrected chi connectivity index (χ0v) is 10.5. The molecule has 2 heterocycles. The molecule has 2 aliphatic heterocycles. The lowest BCUT2D eigenvalue weighted by Gasteiger charge is -2.37. The Bertz CT molecular complexity index is 506. The summed E-state index contributed by atoms with van der Waals surface area (Å²) in [5, 5.41) is 0. The zero-order valence-electron chi connectivity index (χ0n) is 10.5. The van der Waals surface area contributed by atoms with Crippen LogP contribution in [-0.2, 0) is 0 Å². The predicted molar refractivity (Wildman–Crippen MR) is 66.5 cm³/mol. The number of hydrogen-bond acceptors (Lipinski definition) is 2. The highest BCUT2D eigenvalue weighted by Gasteiger charge is 2.42. The third-order valence-corrected chi connectivity index (χ3v) is 4.16. The molecule has 0 aromatic heterocycles. The number of piperidine rings is 1. The largest absolute Gasteiger partial charge is 0.332 e. The number of nitrogens with two attached hydrogens (primary N) is 1. The van der Waals surface area contributed by atoms with Crippen LogP contribution in [0.15, 0.2) is 18.2 Å². The SMILES string of the molecule is NC1CC2CCC(C1)N2C(=O)c1cc(F)ccc1F. The third kappa shape index (κ3) is 2.12. The molecule has 0 spiro atoms. The molecule has 2 saturated heterocycles. The van der Waals surface area contributed by atoms with Crippen molar-refractivity contribution in [3.8, 4) is 0 Å². The van der Waals surface area contributed by atoms with Gasteiger partial charge in [-0.15, -0.1) is 0 Å². The van der Waals surface area contributed by atoms with Crippen molar-refractivity contribution in [2.75, 3.05) is 0 Å². The van der Waals surface area contributed by atoms with Crippen LogP contribution in [-0.4, -0.2) is 28.9 Å². The molecule has 5 heteroatoms. The summed E-state index contributed by atoms with van der Waals surface area (Å²) in [6.07, 6.45) is 3.31. The molecule has 3 nitrogen and oxygen atoms in total. The molecular weight excluding hydrogens is 250 g/mol. The first-order valence-corrected chi connectivity index (χ1v) is 6.59. The van der Waals surface area contributed by atoms with Crippen molar-refractivity contribution in [3.63, 3.8) is 0 Å². The van der Waals surface area contributed by atoms with E-state index >= 15 is 0 Å². The van der Waals surface area contributed by atoms with Crippen LogP contribution in [0.1, 0.15) is 36.0 Å². The fourth-order valence-corrected chi connectivity index (χ4v) is 3.35. The molecule has 2 bridgehead atoms. The van der Waals surface area contributed by atoms with Gasteiger partial charge in [0.2, 0.25) is 0 Å². The molecule has 102 valence electrons. The molecule has 2 aliphatic rings. The second kappa shape index (κ2) is 4.56. The first-order chi connectivity index (χ1) is 9.06. The Balaban J connectivity index is 1.90. The van der Waals surface area contributed by atoms with Crippen molar-refractivity contribution in [1.29, 1.82) is 0 Å². The van der Waals surface area contributed by atoms with Gasteiger partial charge in [-0.25, -0.2) is 8.78 Å². The standard InChI is InChI=1S/C14H16F2N2O/c15-8-1-4-13(16)12(5-8)14(19)18-10-2-3-11(18)7-9(17)6-10/h1,4-5,9-11H,2-3,6-7,17H2. The average molecular weight is 266 g/mol. The van der Waals surface area contributed by atoms with Crippen LogP contribution in [0.3, 0.4) is 0 Å². The molecule has 2 fully saturated rings. The van der Waals surface area contributed by atoms with Gasteiger partial charge < -0.3 is 10.6 Å². The highest BCUT2D eigenvalue weighted by atomic mass is 19.1. The maximum absolute atomic E-state index is 13.7. The van der Waals surface area contributed by atoms with E-state index in [1.165, 1.54) is 0 Å². The Labute approximate surface area is 110 Å². The lowest BCUT2D eigenvalue weighted by Crippen LogP contribution is -2.50. The van der Waals surface area contributed by atoms with E-state index in [-0.39, 0.29) is 23.7 Å². The first-order valence-electron chi connectivity index (χ1n) is 6.59. The van der Waals surface area contributed by atoms with Gasteiger partial charge in [0.15, 0.2) is 0 Å². The summed E-state index contributed by atoms with van der Waals surface area (Å²) in [7, 11) is 0. The minimum Gasteiger partial charge on any atom is -0.332 e. The van der Waals surface area contributed by atoms with E-state index in [2.05, 4.69) is 0 Å². The Morgan fingerprint density at radius 2 is 1.84 bits per heavy atom. The number of hydrogen-bond donors (Lipinski definition) is 1. The highest BCUT2D eigenvalue weighted by molar-refractivity contribution is 5.95. The van der Waals surface area contributed by atoms with Gasteiger partial charge in [0.25, 0.3) is 5.91 Å². The molecule has 1 aromatic rings. The summed E-state index contributed by atoms with van der Waals surface area (Å²) in [4.78, 5) is 14.1. The fourth-order valence-electron chi connectivity index (χ4n) is 3.35. The summed E-state index contributed by atoms with van der Waals surface area (Å²) in [6, 6.07) is 3.25. The van der Waals surface area contributed by atoms with Crippen LogP contribution < -0.4 is 5.73 Å². The number of carbonyl (C=O) groups excluding carboxylic acids is 1. The highest BCUT2D eigenvalue weighted by Crippen LogP contribution is 2.36. The molecule has 1 aromatic carbocycles. The molecule has 0 aliphatic carbocycles. The van der Waals surface area contributed by atoms with Crippen LogP contribution in [0.4, 0.5) is 8.78 Å². The van der Waals surface area contributed by atoms with Crippen LogP contribution in [0.25, 0.3) is 0 Å². The first kappa shape index (κ1) is 12.5. The molecule has 1 amide bonds. The van der Waals surface area contributed by atoms with E-state index in [0.717, 1.165) is 43.9 Å². The average Bonchev–Trinajstić information content (AvgIpc) is 2.64. The summed E-state index contributed by atoms with van der Waals surface area (Å²) >= 11 is 0. The fraction of sp³-hybridized carbons (Fsp3) is 0.500. The number of rotatable bonds is 1. The van der Waals surface area contributed by atoms with Gasteiger partial charge in [0.1, 0.15) is 11.6 Å². The maximum atomic E-state index is 13.7. The molecule has 0 radical (unpaired) electrons. The second-order valence-corrected chi connectivity index (χ2v) is 5.45. The molecule has 3 rings (SSSR count). The van der Waals surface area contributed by atoms with E-state index < -0.39 is 17.5 Å². The molecular formula is C14H16F2N2O. The van der Waals surface area contributed by atoms with E-state index in [1.807, 2.05) is 0 Å². The van der Waals surface area contributed by atoms with Crippen molar-refractivity contribution < 1.29 is 13.6 Å². The number of benzene rings is 1. The van der Waals surface area contributed by atoms with Gasteiger partial charge in [-0.1, -0.05) is 0 Å². The summed E-state index contributed by atoms with van der Waals surface area (Å²) in [6.45, 7) is 0. The van der Waals surface area contributed by atoms with Crippen LogP contribution in [0.5, 0.6) is 0 Å². The Hall–Kier alpha value is -1.49. The predicted octanol–water partition coefficient (Wildman–Crippen LogP) is 2.06. The van der Waals surface area contributed by atoms with Gasteiger partial charge in [-0.2, -0.15) is 0 Å². The number of carbonyl (C=O) groups is 1. The third-order valence-electron chi connectivity index (χ3n) is 4.16. The van der Waals surface area contributed by atoms with Crippen molar-refractivity contribution in [2.24, 2.45) is 5.73 Å². The topological polar surface area (TPSA) is 46.3 Å². The van der Waals surface area contributed by atoms with Crippen molar-refractivity contribution >= 4 is 5.91 Å². The molecule has 2 N–H and O–H groups in total. The summed E-state index contributed by atoms with van der Waals surface area (Å²) in [5.41, 5.74) is 5.76. The van der Waals surface area contributed by atoms with Gasteiger partial charge in [0.05, 0.1) is 5.56 Å². The molecule has 19 heavy (non-hydrogen) atoms. The molecule has 2 atom stereocenters. The van der Waals surface area contributed by atoms with Gasteiger partial charge in [-0.05, 0) is 43.9 Å². The monoisotopic (exact) mass is 266 g/mol. The van der Waals surface area contributed by atoms with E-state index in [4.69, 9.17) is 5.73 Å². The van der Waals surface area contributed by atoms with Crippen molar-refractivity contribution in [3.05, 3.63) is 35.4 Å². The van der Waals surface area contributed by atoms with Gasteiger partial charge in [-0.3, -0.25) is 4.79 Å². The maximum Gasteiger partial charge on any atom is 0.257 e. The minimum atomic E-state index is -0.666. The zero-order chi connectivity index (χ0) is 13.6. The van der Waals surface area contributed by atoms with Crippen LogP contribution >= 0.6 is 0 Å². The normalized spacial score (nSPS) is 29.6. The lowest BCUT2D eigenvalue weighted by molar-refractivity contribution is 0.0570. The number of amides is 1. The number of nitrogens with zero attached hydrogens (tertiary/aromatic N) is 1. The summed E-state index contributed by atoms with van der Waals surface area (Å²) < 4.78 is 26.9. The van der Waals surface area contributed by atoms with Crippen LogP contribution in [0, 0.1) is 11.6 Å². The van der Waals surface area contributed by atoms with E-state index in [9.17, 15) is 13.6 Å². The van der Waals surface area contributed by atoms with E-state index in [0.29, 0.717) is 0 Å². The Morgan fingerprint density at radius 1 is 1.21 bits per heavy atom. The van der Waals surface area contributed by atoms with Crippen molar-refractivity contribution in [2.45, 2.75) is 43.8 Å². The summed E-state index contributed by atoms with van der Waals surface area (Å²) in [5.74, 6) is -1.66. The lowest BCUT2D eigenvalue weighted by atomic mass is 9.97. The smallest absolute Gasteiger partial charge is 0.257 e. The van der Waals surface area contributed by atoms with Crippen LogP contribution in [0.2, 0.25) is 0 Å². The minimum absolute atomic E-state index is 0.0731. The van der Waals surface area contributed by atoms with Gasteiger partial charge in [0, 0.05) is 18.1 Å². The number of fused-ring (bicyclic) bond motifs is 2. The molecule has 0 saturated carbocycles. The quantitative estimate of drug-likeness (QED) is 0.845. The molecule has 2 unspecified atom stereocenters. The van der Waals surface area contributed by atoms with Gasteiger partial charge >= 0.3 is 0 Å². The van der Waals surface area contributed by atoms with Crippen molar-refractivity contribution in [1.82, 2.24) is 4.90 Å². The van der Waals surface area contributed by atoms with E-state index in [1.54, 1.807) is 4.90 Å². The number of halogens is 2. The Kier molecular flexibility index (Phi) is 3.01. The Morgan fingerprint density at radius 3 is 2.47 bits per heavy atom. The second-order valence-electron chi connectivity index (χ2n) is 5.45.